The average Bonchev–Trinajstić information content (AvgIpc) is 2.62. The minimum Gasteiger partial charge on any atom is -0.396 e. The molecule has 0 saturated heterocycles. The molecule has 146 valence electrons. The van der Waals surface area contributed by atoms with Crippen molar-refractivity contribution < 1.29 is 29.5 Å². The first-order chi connectivity index (χ1) is 11.5. The van der Waals surface area contributed by atoms with E-state index in [1.54, 1.807) is 7.11 Å². The summed E-state index contributed by atoms with van der Waals surface area (Å²) in [6.45, 7) is 8.22. The standard InChI is InChI=1S/C18H38O6/c1-5-16(8-19)9-23-14-18(7-3,12-22-4)15-24-13-17(6-2,10-20)11-21/h16,19-21H,5-15H2,1-4H3. The fraction of sp³-hybridized carbons (Fsp3) is 1.00. The molecule has 0 aliphatic heterocycles. The lowest BCUT2D eigenvalue weighted by molar-refractivity contribution is -0.0971. The molecule has 0 aromatic rings. The number of ether oxygens (including phenoxy) is 3. The molecule has 0 heterocycles. The topological polar surface area (TPSA) is 88.4 Å². The Bertz CT molecular complexity index is 283. The third kappa shape index (κ3) is 7.76. The van der Waals surface area contributed by atoms with Crippen LogP contribution in [0.4, 0.5) is 0 Å². The van der Waals surface area contributed by atoms with Crippen LogP contribution in [-0.2, 0) is 14.2 Å². The van der Waals surface area contributed by atoms with Crippen molar-refractivity contribution in [1.29, 1.82) is 0 Å². The molecule has 3 N–H and O–H groups in total. The van der Waals surface area contributed by atoms with Gasteiger partial charge in [-0.3, -0.25) is 0 Å². The monoisotopic (exact) mass is 350 g/mol. The first-order valence-corrected chi connectivity index (χ1v) is 8.97. The van der Waals surface area contributed by atoms with Gasteiger partial charge in [0.1, 0.15) is 0 Å². The number of hydrogen-bond acceptors (Lipinski definition) is 6. The summed E-state index contributed by atoms with van der Waals surface area (Å²) in [5.74, 6) is 0.152. The van der Waals surface area contributed by atoms with Gasteiger partial charge in [-0.25, -0.2) is 0 Å². The molecule has 24 heavy (non-hydrogen) atoms. The molecule has 0 amide bonds. The third-order valence-electron chi connectivity index (χ3n) is 5.04. The molecular formula is C18H38O6. The quantitative estimate of drug-likeness (QED) is 0.391. The maximum absolute atomic E-state index is 9.51. The van der Waals surface area contributed by atoms with Gasteiger partial charge in [0.15, 0.2) is 0 Å². The highest BCUT2D eigenvalue weighted by Crippen LogP contribution is 2.27. The van der Waals surface area contributed by atoms with Gasteiger partial charge < -0.3 is 29.5 Å². The summed E-state index contributed by atoms with van der Waals surface area (Å²) in [5.41, 5.74) is -0.871. The van der Waals surface area contributed by atoms with E-state index in [1.807, 2.05) is 13.8 Å². The highest BCUT2D eigenvalue weighted by atomic mass is 16.5. The second-order valence-electron chi connectivity index (χ2n) is 6.92. The molecule has 0 radical (unpaired) electrons. The Morgan fingerprint density at radius 2 is 1.33 bits per heavy atom. The lowest BCUT2D eigenvalue weighted by Gasteiger charge is -2.34. The summed E-state index contributed by atoms with van der Waals surface area (Å²) in [6.07, 6.45) is 2.35. The van der Waals surface area contributed by atoms with E-state index < -0.39 is 5.41 Å². The van der Waals surface area contributed by atoms with E-state index in [9.17, 15) is 15.3 Å². The van der Waals surface area contributed by atoms with Crippen LogP contribution in [0.25, 0.3) is 0 Å². The Kier molecular flexibility index (Phi) is 12.9. The summed E-state index contributed by atoms with van der Waals surface area (Å²) >= 11 is 0. The number of aliphatic hydroxyl groups is 3. The molecule has 0 saturated carbocycles. The van der Waals surface area contributed by atoms with Crippen LogP contribution in [0, 0.1) is 16.7 Å². The molecule has 6 nitrogen and oxygen atoms in total. The number of rotatable bonds is 16. The van der Waals surface area contributed by atoms with E-state index >= 15 is 0 Å². The normalized spacial score (nSPS) is 16.1. The second-order valence-corrected chi connectivity index (χ2v) is 6.92. The molecular weight excluding hydrogens is 312 g/mol. The van der Waals surface area contributed by atoms with Gasteiger partial charge in [-0.1, -0.05) is 20.8 Å². The lowest BCUT2D eigenvalue weighted by atomic mass is 9.86. The molecule has 0 spiro atoms. The van der Waals surface area contributed by atoms with Gasteiger partial charge in [0.05, 0.1) is 46.2 Å². The van der Waals surface area contributed by atoms with Gasteiger partial charge in [-0.2, -0.15) is 0 Å². The van der Waals surface area contributed by atoms with Crippen molar-refractivity contribution in [3.63, 3.8) is 0 Å². The molecule has 6 heteroatoms. The predicted octanol–water partition coefficient (Wildman–Crippen LogP) is 1.46. The van der Waals surface area contributed by atoms with Crippen LogP contribution in [0.5, 0.6) is 0 Å². The number of hydrogen-bond donors (Lipinski definition) is 3. The number of methoxy groups -OCH3 is 1. The summed E-state index contributed by atoms with van der Waals surface area (Å²) in [5, 5.41) is 28.3. The van der Waals surface area contributed by atoms with Crippen LogP contribution in [0.15, 0.2) is 0 Å². The Balaban J connectivity index is 4.62. The molecule has 0 aliphatic carbocycles. The van der Waals surface area contributed by atoms with Gasteiger partial charge in [0.25, 0.3) is 0 Å². The molecule has 0 aliphatic rings. The first kappa shape index (κ1) is 23.8. The minimum atomic E-state index is -0.600. The third-order valence-corrected chi connectivity index (χ3v) is 5.04. The van der Waals surface area contributed by atoms with E-state index in [4.69, 9.17) is 14.2 Å². The maximum atomic E-state index is 9.51. The Labute approximate surface area is 147 Å². The van der Waals surface area contributed by atoms with Crippen molar-refractivity contribution in [3.8, 4) is 0 Å². The van der Waals surface area contributed by atoms with Crippen molar-refractivity contribution >= 4 is 0 Å². The average molecular weight is 350 g/mol. The molecule has 2 atom stereocenters. The molecule has 2 unspecified atom stereocenters. The van der Waals surface area contributed by atoms with Crippen molar-refractivity contribution in [1.82, 2.24) is 0 Å². The van der Waals surface area contributed by atoms with Crippen LogP contribution in [0.1, 0.15) is 40.0 Å². The minimum absolute atomic E-state index is 0.103. The van der Waals surface area contributed by atoms with E-state index in [2.05, 4.69) is 6.92 Å². The second kappa shape index (κ2) is 13.0. The summed E-state index contributed by atoms with van der Waals surface area (Å²) in [4.78, 5) is 0. The zero-order chi connectivity index (χ0) is 18.5. The fourth-order valence-corrected chi connectivity index (χ4v) is 2.43. The Hall–Kier alpha value is -0.240. The smallest absolute Gasteiger partial charge is 0.0566 e. The van der Waals surface area contributed by atoms with Crippen molar-refractivity contribution in [2.45, 2.75) is 40.0 Å². The van der Waals surface area contributed by atoms with Gasteiger partial charge in [0, 0.05) is 30.5 Å². The van der Waals surface area contributed by atoms with Crippen molar-refractivity contribution in [2.24, 2.45) is 16.7 Å². The molecule has 0 bridgehead atoms. The Morgan fingerprint density at radius 1 is 0.792 bits per heavy atom. The van der Waals surface area contributed by atoms with Gasteiger partial charge >= 0.3 is 0 Å². The van der Waals surface area contributed by atoms with E-state index in [0.29, 0.717) is 39.5 Å². The maximum Gasteiger partial charge on any atom is 0.0566 e. The highest BCUT2D eigenvalue weighted by molar-refractivity contribution is 4.80. The zero-order valence-electron chi connectivity index (χ0n) is 15.9. The summed E-state index contributed by atoms with van der Waals surface area (Å²) in [6, 6.07) is 0. The largest absolute Gasteiger partial charge is 0.396 e. The molecule has 0 aromatic heterocycles. The van der Waals surface area contributed by atoms with E-state index in [1.165, 1.54) is 0 Å². The number of aliphatic hydroxyl groups excluding tert-OH is 3. The highest BCUT2D eigenvalue weighted by Gasteiger charge is 2.32. The first-order valence-electron chi connectivity index (χ1n) is 8.97. The van der Waals surface area contributed by atoms with Crippen LogP contribution < -0.4 is 0 Å². The van der Waals surface area contributed by atoms with Crippen LogP contribution in [0.3, 0.4) is 0 Å². The molecule has 0 aromatic carbocycles. The van der Waals surface area contributed by atoms with Crippen molar-refractivity contribution in [2.75, 3.05) is 60.0 Å². The summed E-state index contributed by atoms with van der Waals surface area (Å²) in [7, 11) is 1.66. The SMILES string of the molecule is CCC(CO)COCC(CC)(COC)COCC(CC)(CO)CO. The fourth-order valence-electron chi connectivity index (χ4n) is 2.43. The zero-order valence-corrected chi connectivity index (χ0v) is 15.9. The molecule has 0 fully saturated rings. The van der Waals surface area contributed by atoms with Gasteiger partial charge in [-0.15, -0.1) is 0 Å². The lowest BCUT2D eigenvalue weighted by Crippen LogP contribution is -2.40. The Morgan fingerprint density at radius 3 is 1.75 bits per heavy atom. The van der Waals surface area contributed by atoms with Crippen molar-refractivity contribution in [3.05, 3.63) is 0 Å². The van der Waals surface area contributed by atoms with Gasteiger partial charge in [-0.05, 0) is 19.3 Å². The van der Waals surface area contributed by atoms with Crippen LogP contribution >= 0.6 is 0 Å². The van der Waals surface area contributed by atoms with Crippen LogP contribution in [0.2, 0.25) is 0 Å². The predicted molar refractivity (Wildman–Crippen MR) is 94.0 cm³/mol. The molecule has 0 rings (SSSR count). The summed E-state index contributed by atoms with van der Waals surface area (Å²) < 4.78 is 17.1. The van der Waals surface area contributed by atoms with E-state index in [-0.39, 0.29) is 31.2 Å². The van der Waals surface area contributed by atoms with E-state index in [0.717, 1.165) is 12.8 Å². The van der Waals surface area contributed by atoms with Crippen LogP contribution in [-0.4, -0.2) is 75.3 Å². The van der Waals surface area contributed by atoms with Gasteiger partial charge in [0.2, 0.25) is 0 Å².